The van der Waals surface area contributed by atoms with E-state index >= 15 is 0 Å². The number of benzene rings is 1. The Labute approximate surface area is 199 Å². The Kier molecular flexibility index (Phi) is 13.0. The third kappa shape index (κ3) is 9.20. The maximum Gasteiger partial charge on any atom is 0.242 e. The number of ether oxygens (including phenoxy) is 1. The van der Waals surface area contributed by atoms with Crippen LogP contribution >= 0.6 is 24.0 Å². The van der Waals surface area contributed by atoms with Crippen LogP contribution in [0.15, 0.2) is 29.3 Å². The Balaban J connectivity index is 0.00000450. The summed E-state index contributed by atoms with van der Waals surface area (Å²) in [6, 6.07) is 7.83. The van der Waals surface area contributed by atoms with Gasteiger partial charge in [-0.3, -0.25) is 9.00 Å². The quantitative estimate of drug-likeness (QED) is 0.250. The summed E-state index contributed by atoms with van der Waals surface area (Å²) in [5.74, 6) is 2.00. The summed E-state index contributed by atoms with van der Waals surface area (Å²) >= 11 is 0. The molecule has 0 aliphatic heterocycles. The highest BCUT2D eigenvalue weighted by Crippen LogP contribution is 2.23. The van der Waals surface area contributed by atoms with Gasteiger partial charge < -0.3 is 20.7 Å². The summed E-state index contributed by atoms with van der Waals surface area (Å²) in [7, 11) is 0.867. The molecule has 2 rings (SSSR count). The number of amides is 1. The summed E-state index contributed by atoms with van der Waals surface area (Å²) < 4.78 is 17.3. The SMILES string of the molecule is CCNC(=NCC(=O)NCc1ccc(OC)cc1)NC1CCCC(S(=O)CC)C1.I. The lowest BCUT2D eigenvalue weighted by Crippen LogP contribution is -2.47. The minimum atomic E-state index is -0.759. The normalized spacial score (nSPS) is 19.9. The molecular weight excluding hydrogens is 515 g/mol. The van der Waals surface area contributed by atoms with E-state index in [2.05, 4.69) is 20.9 Å². The number of carbonyl (C=O) groups is 1. The van der Waals surface area contributed by atoms with E-state index in [1.807, 2.05) is 38.1 Å². The number of methoxy groups -OCH3 is 1. The zero-order chi connectivity index (χ0) is 21.1. The highest BCUT2D eigenvalue weighted by atomic mass is 127. The summed E-state index contributed by atoms with van der Waals surface area (Å²) in [5.41, 5.74) is 1.00. The second-order valence-electron chi connectivity index (χ2n) is 7.12. The lowest BCUT2D eigenvalue weighted by atomic mass is 9.95. The highest BCUT2D eigenvalue weighted by molar-refractivity contribution is 14.0. The standard InChI is InChI=1S/C21H34N4O3S.HI/c1-4-22-21(25-17-7-6-8-19(13-17)29(27)5-2)24-15-20(26)23-14-16-9-11-18(28-3)12-10-16;/h9-12,17,19H,4-8,13-15H2,1-3H3,(H,23,26)(H2,22,24,25);1H. The molecule has 3 N–H and O–H groups in total. The van der Waals surface area contributed by atoms with Crippen molar-refractivity contribution in [3.05, 3.63) is 29.8 Å². The van der Waals surface area contributed by atoms with Gasteiger partial charge in [0.1, 0.15) is 12.3 Å². The number of nitrogens with zero attached hydrogens (tertiary/aromatic N) is 1. The third-order valence-electron chi connectivity index (χ3n) is 5.00. The first kappa shape index (κ1) is 26.7. The minimum Gasteiger partial charge on any atom is -0.497 e. The van der Waals surface area contributed by atoms with Gasteiger partial charge in [-0.05, 0) is 43.9 Å². The van der Waals surface area contributed by atoms with E-state index in [4.69, 9.17) is 4.74 Å². The summed E-state index contributed by atoms with van der Waals surface area (Å²) in [4.78, 5) is 16.6. The fourth-order valence-corrected chi connectivity index (χ4v) is 4.76. The Hall–Kier alpha value is -1.36. The Bertz CT molecular complexity index is 700. The van der Waals surface area contributed by atoms with Crippen molar-refractivity contribution >= 4 is 46.6 Å². The molecule has 1 aliphatic rings. The van der Waals surface area contributed by atoms with E-state index in [-0.39, 0.29) is 47.7 Å². The fraction of sp³-hybridized carbons (Fsp3) is 0.619. The molecule has 7 nitrogen and oxygen atoms in total. The van der Waals surface area contributed by atoms with E-state index < -0.39 is 10.8 Å². The molecule has 0 spiro atoms. The van der Waals surface area contributed by atoms with Gasteiger partial charge >= 0.3 is 0 Å². The predicted octanol–water partition coefficient (Wildman–Crippen LogP) is 2.56. The van der Waals surface area contributed by atoms with Crippen molar-refractivity contribution < 1.29 is 13.7 Å². The van der Waals surface area contributed by atoms with E-state index in [0.29, 0.717) is 18.3 Å². The number of hydrogen-bond acceptors (Lipinski definition) is 4. The number of nitrogens with one attached hydrogen (secondary N) is 3. The molecule has 1 fully saturated rings. The van der Waals surface area contributed by atoms with Crippen molar-refractivity contribution in [1.82, 2.24) is 16.0 Å². The van der Waals surface area contributed by atoms with Crippen LogP contribution in [0.4, 0.5) is 0 Å². The predicted molar refractivity (Wildman–Crippen MR) is 134 cm³/mol. The Morgan fingerprint density at radius 3 is 2.57 bits per heavy atom. The summed E-state index contributed by atoms with van der Waals surface area (Å²) in [6.45, 7) is 5.20. The monoisotopic (exact) mass is 550 g/mol. The van der Waals surface area contributed by atoms with Crippen LogP contribution in [0.25, 0.3) is 0 Å². The number of carbonyl (C=O) groups excluding carboxylic acids is 1. The van der Waals surface area contributed by atoms with Crippen molar-refractivity contribution in [2.75, 3.05) is 26.0 Å². The van der Waals surface area contributed by atoms with Crippen LogP contribution in [-0.2, 0) is 22.1 Å². The molecule has 3 unspecified atom stereocenters. The van der Waals surface area contributed by atoms with Crippen LogP contribution in [0.5, 0.6) is 5.75 Å². The van der Waals surface area contributed by atoms with Gasteiger partial charge in [-0.25, -0.2) is 4.99 Å². The van der Waals surface area contributed by atoms with Gasteiger partial charge in [0.25, 0.3) is 0 Å². The van der Waals surface area contributed by atoms with E-state index in [9.17, 15) is 9.00 Å². The van der Waals surface area contributed by atoms with Crippen LogP contribution in [0.1, 0.15) is 45.1 Å². The minimum absolute atomic E-state index is 0. The number of guanidine groups is 1. The lowest BCUT2D eigenvalue weighted by Gasteiger charge is -2.30. The van der Waals surface area contributed by atoms with Gasteiger partial charge in [0.2, 0.25) is 5.91 Å². The zero-order valence-corrected chi connectivity index (χ0v) is 21.3. The molecule has 0 radical (unpaired) electrons. The Morgan fingerprint density at radius 1 is 1.20 bits per heavy atom. The molecule has 170 valence electrons. The van der Waals surface area contributed by atoms with Gasteiger partial charge in [0.15, 0.2) is 5.96 Å². The van der Waals surface area contributed by atoms with Crippen LogP contribution < -0.4 is 20.7 Å². The number of aliphatic imine (C=N–C) groups is 1. The third-order valence-corrected chi connectivity index (χ3v) is 6.74. The molecule has 9 heteroatoms. The first-order valence-electron chi connectivity index (χ1n) is 10.4. The molecule has 1 amide bonds. The van der Waals surface area contributed by atoms with Crippen molar-refractivity contribution in [1.29, 1.82) is 0 Å². The maximum atomic E-state index is 12.2. The average molecular weight is 551 g/mol. The van der Waals surface area contributed by atoms with E-state index in [1.54, 1.807) is 7.11 Å². The second kappa shape index (κ2) is 14.6. The number of halogens is 1. The van der Waals surface area contributed by atoms with Crippen LogP contribution in [0.2, 0.25) is 0 Å². The van der Waals surface area contributed by atoms with Crippen molar-refractivity contribution in [3.63, 3.8) is 0 Å². The van der Waals surface area contributed by atoms with Crippen molar-refractivity contribution in [3.8, 4) is 5.75 Å². The summed E-state index contributed by atoms with van der Waals surface area (Å²) in [5, 5.41) is 9.75. The molecule has 0 aromatic heterocycles. The lowest BCUT2D eigenvalue weighted by molar-refractivity contribution is -0.119. The smallest absolute Gasteiger partial charge is 0.242 e. The zero-order valence-electron chi connectivity index (χ0n) is 18.1. The van der Waals surface area contributed by atoms with Crippen molar-refractivity contribution in [2.45, 2.75) is 57.4 Å². The molecule has 1 aliphatic carbocycles. The van der Waals surface area contributed by atoms with Gasteiger partial charge in [0, 0.05) is 40.9 Å². The van der Waals surface area contributed by atoms with Gasteiger partial charge in [-0.2, -0.15) is 0 Å². The highest BCUT2D eigenvalue weighted by Gasteiger charge is 2.26. The average Bonchev–Trinajstić information content (AvgIpc) is 2.76. The van der Waals surface area contributed by atoms with Gasteiger partial charge in [-0.15, -0.1) is 24.0 Å². The molecule has 30 heavy (non-hydrogen) atoms. The maximum absolute atomic E-state index is 12.2. The topological polar surface area (TPSA) is 91.8 Å². The Morgan fingerprint density at radius 2 is 1.93 bits per heavy atom. The molecule has 1 aromatic rings. The number of hydrogen-bond donors (Lipinski definition) is 3. The first-order valence-corrected chi connectivity index (χ1v) is 11.8. The number of rotatable bonds is 9. The molecular formula is C21H35IN4O3S. The fourth-order valence-electron chi connectivity index (χ4n) is 3.41. The van der Waals surface area contributed by atoms with Crippen LogP contribution in [0.3, 0.4) is 0 Å². The molecule has 0 saturated heterocycles. The summed E-state index contributed by atoms with van der Waals surface area (Å²) in [6.07, 6.45) is 4.01. The molecule has 1 aromatic carbocycles. The van der Waals surface area contributed by atoms with Crippen LogP contribution in [0, 0.1) is 0 Å². The molecule has 3 atom stereocenters. The van der Waals surface area contributed by atoms with Gasteiger partial charge in [-0.1, -0.05) is 25.5 Å². The molecule has 1 saturated carbocycles. The van der Waals surface area contributed by atoms with Crippen LogP contribution in [-0.4, -0.2) is 53.3 Å². The first-order chi connectivity index (χ1) is 14.0. The second-order valence-corrected chi connectivity index (χ2v) is 9.12. The molecule has 0 heterocycles. The van der Waals surface area contributed by atoms with Crippen molar-refractivity contribution in [2.24, 2.45) is 4.99 Å². The van der Waals surface area contributed by atoms with Gasteiger partial charge in [0.05, 0.1) is 7.11 Å². The largest absolute Gasteiger partial charge is 0.497 e. The van der Waals surface area contributed by atoms with E-state index in [1.165, 1.54) is 0 Å². The van der Waals surface area contributed by atoms with E-state index in [0.717, 1.165) is 43.5 Å². The molecule has 0 bridgehead atoms.